The largest absolute Gasteiger partial charge is 0.380 e. The Morgan fingerprint density at radius 3 is 2.33 bits per heavy atom. The molecule has 0 amide bonds. The molecule has 21 heavy (non-hydrogen) atoms. The number of thiophene rings is 1. The minimum absolute atomic E-state index is 0.854. The smallest absolute Gasteiger partial charge is 0.0430 e. The van der Waals surface area contributed by atoms with Crippen LogP contribution in [0.25, 0.3) is 10.4 Å². The molecule has 1 N–H and O–H groups in total. The summed E-state index contributed by atoms with van der Waals surface area (Å²) in [5, 5.41) is 5.68. The number of nitrogens with one attached hydrogen (secondary N) is 1. The number of benzene rings is 2. The van der Waals surface area contributed by atoms with Crippen molar-refractivity contribution >= 4 is 17.0 Å². The average Bonchev–Trinajstić information content (AvgIpc) is 3.08. The molecule has 0 saturated carbocycles. The Bertz CT molecular complexity index is 684. The summed E-state index contributed by atoms with van der Waals surface area (Å²) in [6.45, 7) is 3.04. The van der Waals surface area contributed by atoms with Crippen LogP contribution in [0.5, 0.6) is 0 Å². The fourth-order valence-electron chi connectivity index (χ4n) is 2.37. The zero-order chi connectivity index (χ0) is 14.5. The highest BCUT2D eigenvalue weighted by atomic mass is 32.1. The summed E-state index contributed by atoms with van der Waals surface area (Å²) in [5.74, 6) is 0. The van der Waals surface area contributed by atoms with Gasteiger partial charge in [0.1, 0.15) is 0 Å². The van der Waals surface area contributed by atoms with E-state index in [1.54, 1.807) is 11.3 Å². The van der Waals surface area contributed by atoms with Gasteiger partial charge in [0.25, 0.3) is 0 Å². The van der Waals surface area contributed by atoms with Gasteiger partial charge in [0.05, 0.1) is 0 Å². The Labute approximate surface area is 130 Å². The highest BCUT2D eigenvalue weighted by Gasteiger charge is 2.05. The minimum Gasteiger partial charge on any atom is -0.380 e. The van der Waals surface area contributed by atoms with Crippen LogP contribution in [-0.2, 0) is 13.0 Å². The molecule has 2 heteroatoms. The molecule has 0 aliphatic carbocycles. The standard InChI is InChI=1S/C19H19NS/c1-2-15-9-11-16(12-10-15)14-20-18-7-4-3-6-17(18)19-8-5-13-21-19/h3-13,20H,2,14H2,1H3. The van der Waals surface area contributed by atoms with E-state index < -0.39 is 0 Å². The van der Waals surface area contributed by atoms with Gasteiger partial charge < -0.3 is 5.32 Å². The number of aryl methyl sites for hydroxylation is 1. The Balaban J connectivity index is 1.76. The average molecular weight is 293 g/mol. The van der Waals surface area contributed by atoms with Gasteiger partial charge in [0, 0.05) is 22.7 Å². The molecule has 0 saturated heterocycles. The van der Waals surface area contributed by atoms with Crippen LogP contribution in [0.1, 0.15) is 18.1 Å². The van der Waals surface area contributed by atoms with Gasteiger partial charge in [0.2, 0.25) is 0 Å². The molecular weight excluding hydrogens is 274 g/mol. The SMILES string of the molecule is CCc1ccc(CNc2ccccc2-c2cccs2)cc1. The minimum atomic E-state index is 0.854. The van der Waals surface area contributed by atoms with Crippen molar-refractivity contribution in [3.8, 4) is 10.4 Å². The maximum Gasteiger partial charge on any atom is 0.0430 e. The second kappa shape index (κ2) is 6.59. The maximum atomic E-state index is 3.56. The monoisotopic (exact) mass is 293 g/mol. The van der Waals surface area contributed by atoms with E-state index in [1.165, 1.54) is 27.3 Å². The van der Waals surface area contributed by atoms with E-state index in [-0.39, 0.29) is 0 Å². The molecule has 0 spiro atoms. The molecule has 0 aliphatic rings. The molecule has 3 aromatic rings. The normalized spacial score (nSPS) is 10.5. The van der Waals surface area contributed by atoms with Crippen molar-refractivity contribution in [2.24, 2.45) is 0 Å². The number of para-hydroxylation sites is 1. The summed E-state index contributed by atoms with van der Waals surface area (Å²) < 4.78 is 0. The van der Waals surface area contributed by atoms with Gasteiger partial charge in [-0.1, -0.05) is 55.5 Å². The first-order valence-corrected chi connectivity index (χ1v) is 8.19. The third-order valence-electron chi connectivity index (χ3n) is 3.63. The molecule has 1 nitrogen and oxygen atoms in total. The quantitative estimate of drug-likeness (QED) is 0.646. The molecule has 0 fully saturated rings. The van der Waals surface area contributed by atoms with Crippen LogP contribution in [0, 0.1) is 0 Å². The van der Waals surface area contributed by atoms with E-state index in [9.17, 15) is 0 Å². The number of anilines is 1. The lowest BCUT2D eigenvalue weighted by Gasteiger charge is -2.11. The number of hydrogen-bond acceptors (Lipinski definition) is 2. The summed E-state index contributed by atoms with van der Waals surface area (Å²) in [6, 6.07) is 21.6. The second-order valence-corrected chi connectivity index (χ2v) is 5.99. The molecule has 0 radical (unpaired) electrons. The molecule has 0 atom stereocenters. The van der Waals surface area contributed by atoms with Gasteiger partial charge in [-0.2, -0.15) is 0 Å². The van der Waals surface area contributed by atoms with Gasteiger partial charge in [-0.25, -0.2) is 0 Å². The van der Waals surface area contributed by atoms with Gasteiger partial charge in [-0.3, -0.25) is 0 Å². The van der Waals surface area contributed by atoms with E-state index >= 15 is 0 Å². The lowest BCUT2D eigenvalue weighted by molar-refractivity contribution is 1.11. The summed E-state index contributed by atoms with van der Waals surface area (Å²) in [5.41, 5.74) is 5.17. The first-order valence-electron chi connectivity index (χ1n) is 7.31. The molecule has 1 heterocycles. The summed E-state index contributed by atoms with van der Waals surface area (Å²) in [6.07, 6.45) is 1.09. The lowest BCUT2D eigenvalue weighted by atomic mass is 10.1. The van der Waals surface area contributed by atoms with Crippen molar-refractivity contribution in [2.45, 2.75) is 19.9 Å². The first kappa shape index (κ1) is 13.9. The topological polar surface area (TPSA) is 12.0 Å². The van der Waals surface area contributed by atoms with Gasteiger partial charge >= 0.3 is 0 Å². The third kappa shape index (κ3) is 3.34. The first-order chi connectivity index (χ1) is 10.4. The molecule has 3 rings (SSSR count). The highest BCUT2D eigenvalue weighted by molar-refractivity contribution is 7.13. The van der Waals surface area contributed by atoms with Crippen molar-refractivity contribution in [3.63, 3.8) is 0 Å². The Morgan fingerprint density at radius 2 is 1.62 bits per heavy atom. The van der Waals surface area contributed by atoms with E-state index in [4.69, 9.17) is 0 Å². The fraction of sp³-hybridized carbons (Fsp3) is 0.158. The zero-order valence-electron chi connectivity index (χ0n) is 12.2. The van der Waals surface area contributed by atoms with Crippen LogP contribution in [0.15, 0.2) is 66.0 Å². The predicted molar refractivity (Wildman–Crippen MR) is 92.9 cm³/mol. The van der Waals surface area contributed by atoms with E-state index in [2.05, 4.69) is 78.3 Å². The van der Waals surface area contributed by atoms with Gasteiger partial charge in [-0.05, 0) is 35.1 Å². The summed E-state index contributed by atoms with van der Waals surface area (Å²) in [4.78, 5) is 1.31. The Morgan fingerprint density at radius 1 is 0.857 bits per heavy atom. The van der Waals surface area contributed by atoms with Crippen LogP contribution >= 0.6 is 11.3 Å². The van der Waals surface area contributed by atoms with E-state index in [0.717, 1.165) is 13.0 Å². The van der Waals surface area contributed by atoms with Crippen LogP contribution in [0.4, 0.5) is 5.69 Å². The Kier molecular flexibility index (Phi) is 4.37. The summed E-state index contributed by atoms with van der Waals surface area (Å²) in [7, 11) is 0. The fourth-order valence-corrected chi connectivity index (χ4v) is 3.14. The molecule has 0 unspecified atom stereocenters. The van der Waals surface area contributed by atoms with Crippen molar-refractivity contribution in [3.05, 3.63) is 77.2 Å². The molecule has 0 aliphatic heterocycles. The summed E-state index contributed by atoms with van der Waals surface area (Å²) >= 11 is 1.78. The van der Waals surface area contributed by atoms with Crippen LogP contribution in [0.2, 0.25) is 0 Å². The zero-order valence-corrected chi connectivity index (χ0v) is 13.0. The van der Waals surface area contributed by atoms with Crippen molar-refractivity contribution < 1.29 is 0 Å². The van der Waals surface area contributed by atoms with Crippen LogP contribution in [0.3, 0.4) is 0 Å². The van der Waals surface area contributed by atoms with Crippen LogP contribution < -0.4 is 5.32 Å². The van der Waals surface area contributed by atoms with Crippen molar-refractivity contribution in [2.75, 3.05) is 5.32 Å². The molecule has 106 valence electrons. The van der Waals surface area contributed by atoms with Crippen molar-refractivity contribution in [1.82, 2.24) is 0 Å². The van der Waals surface area contributed by atoms with Crippen molar-refractivity contribution in [1.29, 1.82) is 0 Å². The number of hydrogen-bond donors (Lipinski definition) is 1. The van der Waals surface area contributed by atoms with E-state index in [0.29, 0.717) is 0 Å². The molecule has 1 aromatic heterocycles. The number of rotatable bonds is 5. The third-order valence-corrected chi connectivity index (χ3v) is 4.53. The highest BCUT2D eigenvalue weighted by Crippen LogP contribution is 2.31. The van der Waals surface area contributed by atoms with Crippen LogP contribution in [-0.4, -0.2) is 0 Å². The predicted octanol–water partition coefficient (Wildman–Crippen LogP) is 5.59. The molecule has 2 aromatic carbocycles. The Hall–Kier alpha value is -2.06. The lowest BCUT2D eigenvalue weighted by Crippen LogP contribution is -2.00. The molecular formula is C19H19NS. The van der Waals surface area contributed by atoms with Gasteiger partial charge in [0.15, 0.2) is 0 Å². The maximum absolute atomic E-state index is 3.56. The molecule has 0 bridgehead atoms. The van der Waals surface area contributed by atoms with Gasteiger partial charge in [-0.15, -0.1) is 11.3 Å². The van der Waals surface area contributed by atoms with E-state index in [1.807, 2.05) is 0 Å². The second-order valence-electron chi connectivity index (χ2n) is 5.05.